The van der Waals surface area contributed by atoms with E-state index < -0.39 is 0 Å². The molecule has 1 aromatic heterocycles. The Bertz CT molecular complexity index is 939. The third kappa shape index (κ3) is 4.92. The highest BCUT2D eigenvalue weighted by Gasteiger charge is 2.23. The number of aromatic nitrogens is 2. The van der Waals surface area contributed by atoms with Gasteiger partial charge in [-0.15, -0.1) is 0 Å². The first-order chi connectivity index (χ1) is 14.2. The van der Waals surface area contributed by atoms with E-state index in [1.807, 2.05) is 12.1 Å². The van der Waals surface area contributed by atoms with Crippen molar-refractivity contribution < 1.29 is 5.11 Å². The van der Waals surface area contributed by atoms with E-state index in [0.29, 0.717) is 6.04 Å². The molecule has 2 N–H and O–H groups in total. The lowest BCUT2D eigenvalue weighted by Crippen LogP contribution is -2.39. The Hall–Kier alpha value is -2.50. The van der Waals surface area contributed by atoms with Gasteiger partial charge in [0, 0.05) is 24.6 Å². The molecule has 29 heavy (non-hydrogen) atoms. The van der Waals surface area contributed by atoms with Crippen molar-refractivity contribution in [3.8, 4) is 0 Å². The number of anilines is 1. The molecular formula is C24H30N4O. The molecule has 5 heteroatoms. The summed E-state index contributed by atoms with van der Waals surface area (Å²) in [6.45, 7) is 4.86. The fraction of sp³-hybridized carbons (Fsp3) is 0.417. The summed E-state index contributed by atoms with van der Waals surface area (Å²) in [5.74, 6) is 1.74. The van der Waals surface area contributed by atoms with Crippen molar-refractivity contribution in [3.05, 3.63) is 65.5 Å². The highest BCUT2D eigenvalue weighted by Crippen LogP contribution is 2.24. The second-order valence-corrected chi connectivity index (χ2v) is 7.98. The van der Waals surface area contributed by atoms with Gasteiger partial charge in [0.05, 0.1) is 12.1 Å². The number of nitrogens with zero attached hydrogens (tertiary/aromatic N) is 3. The van der Waals surface area contributed by atoms with Crippen LogP contribution in [0.2, 0.25) is 0 Å². The highest BCUT2D eigenvalue weighted by atomic mass is 16.3. The van der Waals surface area contributed by atoms with Crippen LogP contribution >= 0.6 is 0 Å². The zero-order chi connectivity index (χ0) is 20.1. The van der Waals surface area contributed by atoms with Crippen LogP contribution in [0.25, 0.3) is 10.9 Å². The molecule has 2 aromatic carbocycles. The molecule has 3 aromatic rings. The van der Waals surface area contributed by atoms with Crippen LogP contribution in [0.5, 0.6) is 0 Å². The summed E-state index contributed by atoms with van der Waals surface area (Å²) < 4.78 is 0. The lowest BCUT2D eigenvalue weighted by atomic mass is 9.99. The van der Waals surface area contributed by atoms with Crippen LogP contribution in [0, 0.1) is 6.92 Å². The maximum atomic E-state index is 9.42. The van der Waals surface area contributed by atoms with Crippen LogP contribution in [-0.4, -0.2) is 39.2 Å². The third-order valence-electron chi connectivity index (χ3n) is 5.79. The predicted molar refractivity (Wildman–Crippen MR) is 118 cm³/mol. The van der Waals surface area contributed by atoms with E-state index in [9.17, 15) is 5.11 Å². The Morgan fingerprint density at radius 3 is 2.72 bits per heavy atom. The molecule has 0 saturated carbocycles. The number of hydrogen-bond donors (Lipinski definition) is 2. The lowest BCUT2D eigenvalue weighted by molar-refractivity contribution is 0.110. The van der Waals surface area contributed by atoms with Gasteiger partial charge in [0.25, 0.3) is 0 Å². The van der Waals surface area contributed by atoms with Crippen molar-refractivity contribution in [2.24, 2.45) is 0 Å². The number of fused-ring (bicyclic) bond motifs is 1. The maximum Gasteiger partial charge on any atom is 0.145 e. The van der Waals surface area contributed by atoms with Crippen LogP contribution in [0.4, 0.5) is 5.82 Å². The number of nitrogens with one attached hydrogen (secondary N) is 1. The first-order valence-corrected chi connectivity index (χ1v) is 10.6. The quantitative estimate of drug-likeness (QED) is 0.630. The Balaban J connectivity index is 1.57. The molecule has 5 nitrogen and oxygen atoms in total. The lowest BCUT2D eigenvalue weighted by Gasteiger charge is -2.35. The van der Waals surface area contributed by atoms with Crippen molar-refractivity contribution in [1.29, 1.82) is 0 Å². The molecule has 4 rings (SSSR count). The average Bonchev–Trinajstić information content (AvgIpc) is 2.75. The van der Waals surface area contributed by atoms with Crippen LogP contribution in [0.15, 0.2) is 48.5 Å². The topological polar surface area (TPSA) is 61.3 Å². The summed E-state index contributed by atoms with van der Waals surface area (Å²) >= 11 is 0. The van der Waals surface area contributed by atoms with Crippen molar-refractivity contribution >= 4 is 16.7 Å². The molecule has 0 radical (unpaired) electrons. The van der Waals surface area contributed by atoms with Gasteiger partial charge < -0.3 is 10.4 Å². The molecule has 0 bridgehead atoms. The van der Waals surface area contributed by atoms with Gasteiger partial charge in [-0.05, 0) is 50.4 Å². The van der Waals surface area contributed by atoms with E-state index in [1.54, 1.807) is 0 Å². The number of aliphatic hydroxyl groups is 1. The summed E-state index contributed by atoms with van der Waals surface area (Å²) in [5.41, 5.74) is 3.47. The zero-order valence-electron chi connectivity index (χ0n) is 17.1. The molecule has 0 amide bonds. The number of aryl methyl sites for hydroxylation is 1. The van der Waals surface area contributed by atoms with Crippen LogP contribution < -0.4 is 5.32 Å². The molecule has 1 aliphatic heterocycles. The molecule has 1 aliphatic rings. The first-order valence-electron chi connectivity index (χ1n) is 10.6. The number of para-hydroxylation sites is 1. The van der Waals surface area contributed by atoms with E-state index in [2.05, 4.69) is 53.5 Å². The summed E-state index contributed by atoms with van der Waals surface area (Å²) in [4.78, 5) is 12.2. The van der Waals surface area contributed by atoms with E-state index in [1.165, 1.54) is 24.0 Å². The summed E-state index contributed by atoms with van der Waals surface area (Å²) in [7, 11) is 0. The largest absolute Gasteiger partial charge is 0.396 e. The summed E-state index contributed by atoms with van der Waals surface area (Å²) in [6, 6.07) is 17.2. The predicted octanol–water partition coefficient (Wildman–Crippen LogP) is 4.29. The minimum Gasteiger partial charge on any atom is -0.396 e. The van der Waals surface area contributed by atoms with Gasteiger partial charge in [0.2, 0.25) is 0 Å². The van der Waals surface area contributed by atoms with Gasteiger partial charge in [-0.3, -0.25) is 4.90 Å². The number of hydrogen-bond acceptors (Lipinski definition) is 5. The average molecular weight is 391 g/mol. The van der Waals surface area contributed by atoms with E-state index >= 15 is 0 Å². The first kappa shape index (κ1) is 19.8. The van der Waals surface area contributed by atoms with E-state index in [-0.39, 0.29) is 6.61 Å². The standard InChI is InChI=1S/C24H30N4O/c1-18-9-11-19(12-10-18)16-25-24-21-7-2-3-8-22(21)26-23(27-24)17-28-14-5-4-6-20(28)13-15-29/h2-3,7-12,20,29H,4-6,13-17H2,1H3,(H,25,26,27)/t20-/m1/s1. The van der Waals surface area contributed by atoms with Gasteiger partial charge in [-0.1, -0.05) is 48.4 Å². The van der Waals surface area contributed by atoms with Crippen LogP contribution in [-0.2, 0) is 13.1 Å². The van der Waals surface area contributed by atoms with Crippen molar-refractivity contribution in [2.75, 3.05) is 18.5 Å². The second-order valence-electron chi connectivity index (χ2n) is 7.98. The maximum absolute atomic E-state index is 9.42. The van der Waals surface area contributed by atoms with Crippen LogP contribution in [0.1, 0.15) is 42.6 Å². The van der Waals surface area contributed by atoms with Gasteiger partial charge >= 0.3 is 0 Å². The number of rotatable bonds is 7. The molecule has 0 unspecified atom stereocenters. The molecule has 1 saturated heterocycles. The fourth-order valence-corrected chi connectivity index (χ4v) is 4.15. The summed E-state index contributed by atoms with van der Waals surface area (Å²) in [5, 5.41) is 14.0. The van der Waals surface area contributed by atoms with Crippen molar-refractivity contribution in [3.63, 3.8) is 0 Å². The van der Waals surface area contributed by atoms with Crippen molar-refractivity contribution in [1.82, 2.24) is 14.9 Å². The van der Waals surface area contributed by atoms with Crippen molar-refractivity contribution in [2.45, 2.75) is 51.7 Å². The Morgan fingerprint density at radius 1 is 1.07 bits per heavy atom. The SMILES string of the molecule is Cc1ccc(CNc2nc(CN3CCCC[C@@H]3CCO)nc3ccccc23)cc1. The van der Waals surface area contributed by atoms with Crippen LogP contribution in [0.3, 0.4) is 0 Å². The van der Waals surface area contributed by atoms with Gasteiger partial charge in [-0.2, -0.15) is 0 Å². The molecular weight excluding hydrogens is 360 g/mol. The number of likely N-dealkylation sites (tertiary alicyclic amines) is 1. The minimum atomic E-state index is 0.239. The molecule has 2 heterocycles. The Morgan fingerprint density at radius 2 is 1.90 bits per heavy atom. The highest BCUT2D eigenvalue weighted by molar-refractivity contribution is 5.88. The number of aliphatic hydroxyl groups excluding tert-OH is 1. The monoisotopic (exact) mass is 390 g/mol. The summed E-state index contributed by atoms with van der Waals surface area (Å²) in [6.07, 6.45) is 4.41. The zero-order valence-corrected chi connectivity index (χ0v) is 17.1. The number of benzene rings is 2. The third-order valence-corrected chi connectivity index (χ3v) is 5.79. The Labute approximate surface area is 172 Å². The minimum absolute atomic E-state index is 0.239. The van der Waals surface area contributed by atoms with Gasteiger partial charge in [0.15, 0.2) is 0 Å². The normalized spacial score (nSPS) is 17.5. The smallest absolute Gasteiger partial charge is 0.145 e. The molecule has 1 fully saturated rings. The Kier molecular flexibility index (Phi) is 6.37. The van der Waals surface area contributed by atoms with Gasteiger partial charge in [0.1, 0.15) is 11.6 Å². The van der Waals surface area contributed by atoms with E-state index in [4.69, 9.17) is 9.97 Å². The fourth-order valence-electron chi connectivity index (χ4n) is 4.15. The van der Waals surface area contributed by atoms with E-state index in [0.717, 1.165) is 55.0 Å². The molecule has 0 spiro atoms. The molecule has 1 atom stereocenters. The molecule has 0 aliphatic carbocycles. The number of piperidine rings is 1. The molecule has 152 valence electrons. The second kappa shape index (κ2) is 9.33. The van der Waals surface area contributed by atoms with Gasteiger partial charge in [-0.25, -0.2) is 9.97 Å².